The van der Waals surface area contributed by atoms with Gasteiger partial charge >= 0.3 is 0 Å². The van der Waals surface area contributed by atoms with Crippen LogP contribution in [-0.2, 0) is 0 Å². The molecule has 0 N–H and O–H groups in total. The van der Waals surface area contributed by atoms with Crippen LogP contribution >= 0.6 is 0 Å². The minimum Gasteiger partial charge on any atom is -0.497 e. The van der Waals surface area contributed by atoms with E-state index in [4.69, 9.17) is 4.74 Å². The lowest BCUT2D eigenvalue weighted by Crippen LogP contribution is -2.30. The summed E-state index contributed by atoms with van der Waals surface area (Å²) >= 11 is 0. The lowest BCUT2D eigenvalue weighted by Gasteiger charge is -2.26. The van der Waals surface area contributed by atoms with Gasteiger partial charge in [-0.15, -0.1) is 0 Å². The fourth-order valence-corrected chi connectivity index (χ4v) is 2.44. The number of methoxy groups -OCH3 is 1. The molecule has 0 aliphatic heterocycles. The average Bonchev–Trinajstić information content (AvgIpc) is 2.55. The Kier molecular flexibility index (Phi) is 4.86. The van der Waals surface area contributed by atoms with Gasteiger partial charge in [-0.25, -0.2) is 0 Å². The molecule has 3 heteroatoms. The van der Waals surface area contributed by atoms with E-state index >= 15 is 0 Å². The molecule has 0 radical (unpaired) electrons. The summed E-state index contributed by atoms with van der Waals surface area (Å²) in [5.74, 6) is 0.865. The van der Waals surface area contributed by atoms with Crippen molar-refractivity contribution in [2.75, 3.05) is 14.2 Å². The number of hydrogen-bond donors (Lipinski definition) is 0. The van der Waals surface area contributed by atoms with E-state index in [-0.39, 0.29) is 11.9 Å². The molecule has 0 saturated heterocycles. The highest BCUT2D eigenvalue weighted by atomic mass is 16.5. The Labute approximate surface area is 132 Å². The second-order valence-electron chi connectivity index (χ2n) is 5.68. The third-order valence-electron chi connectivity index (χ3n) is 4.12. The fraction of sp³-hybridized carbons (Fsp3) is 0.316. The van der Waals surface area contributed by atoms with E-state index in [1.54, 1.807) is 12.0 Å². The van der Waals surface area contributed by atoms with Gasteiger partial charge in [0, 0.05) is 12.6 Å². The maximum absolute atomic E-state index is 12.8. The summed E-state index contributed by atoms with van der Waals surface area (Å²) in [5.41, 5.74) is 3.95. The number of hydrogen-bond acceptors (Lipinski definition) is 2. The van der Waals surface area contributed by atoms with Crippen LogP contribution in [0, 0.1) is 13.8 Å². The van der Waals surface area contributed by atoms with Crippen LogP contribution < -0.4 is 4.74 Å². The molecule has 0 aliphatic carbocycles. The van der Waals surface area contributed by atoms with Gasteiger partial charge in [0.05, 0.1) is 13.2 Å². The van der Waals surface area contributed by atoms with E-state index in [0.29, 0.717) is 0 Å². The molecule has 0 heterocycles. The molecule has 2 rings (SSSR count). The maximum Gasteiger partial charge on any atom is 0.254 e. The van der Waals surface area contributed by atoms with Crippen molar-refractivity contribution in [1.82, 2.24) is 4.90 Å². The number of aryl methyl sites for hydroxylation is 2. The summed E-state index contributed by atoms with van der Waals surface area (Å²) in [6.07, 6.45) is 0. The average molecular weight is 297 g/mol. The minimum atomic E-state index is -0.00156. The van der Waals surface area contributed by atoms with E-state index in [2.05, 4.69) is 0 Å². The number of amides is 1. The van der Waals surface area contributed by atoms with Gasteiger partial charge in [0.2, 0.25) is 0 Å². The summed E-state index contributed by atoms with van der Waals surface area (Å²) in [7, 11) is 3.49. The zero-order chi connectivity index (χ0) is 16.3. The SMILES string of the molecule is COc1ccc(C(C)N(C)C(=O)c2cc(C)ccc2C)cc1. The van der Waals surface area contributed by atoms with Crippen LogP contribution in [0.3, 0.4) is 0 Å². The Bertz CT molecular complexity index is 662. The molecule has 0 aromatic heterocycles. The normalized spacial score (nSPS) is 11.9. The van der Waals surface area contributed by atoms with Crippen LogP contribution in [0.25, 0.3) is 0 Å². The van der Waals surface area contributed by atoms with E-state index in [1.165, 1.54) is 0 Å². The predicted octanol–water partition coefficient (Wildman–Crippen LogP) is 4.15. The number of benzene rings is 2. The lowest BCUT2D eigenvalue weighted by atomic mass is 10.0. The molecule has 1 unspecified atom stereocenters. The highest BCUT2D eigenvalue weighted by molar-refractivity contribution is 5.95. The van der Waals surface area contributed by atoms with Crippen molar-refractivity contribution in [3.8, 4) is 5.75 Å². The number of carbonyl (C=O) groups is 1. The highest BCUT2D eigenvalue weighted by Gasteiger charge is 2.20. The molecular weight excluding hydrogens is 274 g/mol. The van der Waals surface area contributed by atoms with E-state index in [9.17, 15) is 4.79 Å². The molecule has 1 amide bonds. The highest BCUT2D eigenvalue weighted by Crippen LogP contribution is 2.24. The van der Waals surface area contributed by atoms with Crippen LogP contribution in [0.15, 0.2) is 42.5 Å². The number of nitrogens with zero attached hydrogens (tertiary/aromatic N) is 1. The Balaban J connectivity index is 2.23. The number of rotatable bonds is 4. The van der Waals surface area contributed by atoms with E-state index in [1.807, 2.05) is 70.3 Å². The number of carbonyl (C=O) groups excluding carboxylic acids is 1. The molecule has 0 aliphatic rings. The quantitative estimate of drug-likeness (QED) is 0.848. The van der Waals surface area contributed by atoms with Crippen LogP contribution in [0.5, 0.6) is 5.75 Å². The van der Waals surface area contributed by atoms with Crippen LogP contribution in [0.4, 0.5) is 0 Å². The minimum absolute atomic E-state index is 0.00156. The summed E-state index contributed by atoms with van der Waals surface area (Å²) in [6, 6.07) is 13.8. The van der Waals surface area contributed by atoms with Crippen molar-refractivity contribution in [3.05, 3.63) is 64.7 Å². The smallest absolute Gasteiger partial charge is 0.254 e. The van der Waals surface area contributed by atoms with Gasteiger partial charge in [-0.2, -0.15) is 0 Å². The van der Waals surface area contributed by atoms with Crippen molar-refractivity contribution in [1.29, 1.82) is 0 Å². The van der Waals surface area contributed by atoms with Gasteiger partial charge in [-0.1, -0.05) is 29.8 Å². The van der Waals surface area contributed by atoms with Crippen molar-refractivity contribution in [3.63, 3.8) is 0 Å². The molecule has 0 bridgehead atoms. The Morgan fingerprint density at radius 3 is 2.32 bits per heavy atom. The molecule has 2 aromatic rings. The first-order chi connectivity index (χ1) is 10.4. The molecule has 0 fully saturated rings. The Hall–Kier alpha value is -2.29. The van der Waals surface area contributed by atoms with Gasteiger partial charge in [0.1, 0.15) is 5.75 Å². The molecule has 1 atom stereocenters. The fourth-order valence-electron chi connectivity index (χ4n) is 2.44. The summed E-state index contributed by atoms with van der Waals surface area (Å²) in [6.45, 7) is 6.01. The van der Waals surface area contributed by atoms with Gasteiger partial charge in [0.15, 0.2) is 0 Å². The van der Waals surface area contributed by atoms with Crippen molar-refractivity contribution in [2.24, 2.45) is 0 Å². The topological polar surface area (TPSA) is 29.5 Å². The van der Waals surface area contributed by atoms with Crippen LogP contribution in [-0.4, -0.2) is 25.0 Å². The third kappa shape index (κ3) is 3.30. The monoisotopic (exact) mass is 297 g/mol. The molecule has 22 heavy (non-hydrogen) atoms. The largest absolute Gasteiger partial charge is 0.497 e. The molecule has 0 spiro atoms. The Morgan fingerprint density at radius 2 is 1.73 bits per heavy atom. The molecule has 2 aromatic carbocycles. The molecule has 116 valence electrons. The van der Waals surface area contributed by atoms with Crippen LogP contribution in [0.2, 0.25) is 0 Å². The zero-order valence-electron chi connectivity index (χ0n) is 13.9. The predicted molar refractivity (Wildman–Crippen MR) is 89.4 cm³/mol. The number of ether oxygens (including phenoxy) is 1. The summed E-state index contributed by atoms with van der Waals surface area (Å²) < 4.78 is 5.17. The third-order valence-corrected chi connectivity index (χ3v) is 4.12. The van der Waals surface area contributed by atoms with Crippen LogP contribution in [0.1, 0.15) is 40.0 Å². The van der Waals surface area contributed by atoms with Gasteiger partial charge in [-0.3, -0.25) is 4.79 Å². The Morgan fingerprint density at radius 1 is 1.09 bits per heavy atom. The first-order valence-electron chi connectivity index (χ1n) is 7.42. The zero-order valence-corrected chi connectivity index (χ0v) is 13.9. The summed E-state index contributed by atoms with van der Waals surface area (Å²) in [4.78, 5) is 14.5. The standard InChI is InChI=1S/C19H23NO2/c1-13-6-7-14(2)18(12-13)19(21)20(4)15(3)16-8-10-17(22-5)11-9-16/h6-12,15H,1-5H3. The lowest BCUT2D eigenvalue weighted by molar-refractivity contribution is 0.0742. The summed E-state index contributed by atoms with van der Waals surface area (Å²) in [5, 5.41) is 0. The second kappa shape index (κ2) is 6.65. The van der Waals surface area contributed by atoms with Gasteiger partial charge < -0.3 is 9.64 Å². The van der Waals surface area contributed by atoms with E-state index < -0.39 is 0 Å². The van der Waals surface area contributed by atoms with Crippen molar-refractivity contribution < 1.29 is 9.53 Å². The van der Waals surface area contributed by atoms with Crippen molar-refractivity contribution in [2.45, 2.75) is 26.8 Å². The van der Waals surface area contributed by atoms with Crippen molar-refractivity contribution >= 4 is 5.91 Å². The first kappa shape index (κ1) is 16.1. The second-order valence-corrected chi connectivity index (χ2v) is 5.68. The first-order valence-corrected chi connectivity index (χ1v) is 7.42. The maximum atomic E-state index is 12.8. The van der Waals surface area contributed by atoms with E-state index in [0.717, 1.165) is 28.0 Å². The molecule has 3 nitrogen and oxygen atoms in total. The molecular formula is C19H23NO2. The molecule has 0 saturated carbocycles. The van der Waals surface area contributed by atoms with Gasteiger partial charge in [0.25, 0.3) is 5.91 Å². The van der Waals surface area contributed by atoms with Gasteiger partial charge in [-0.05, 0) is 50.1 Å².